The normalized spacial score (nSPS) is 16.4. The number of alkyl halides is 3. The molecule has 1 fully saturated rings. The first-order valence-electron chi connectivity index (χ1n) is 7.65. The summed E-state index contributed by atoms with van der Waals surface area (Å²) < 4.78 is 38.3. The van der Waals surface area contributed by atoms with E-state index >= 15 is 0 Å². The van der Waals surface area contributed by atoms with Crippen LogP contribution >= 0.6 is 11.3 Å². The lowest BCUT2D eigenvalue weighted by Gasteiger charge is -2.34. The average molecular weight is 354 g/mol. The Bertz CT molecular complexity index is 692. The maximum absolute atomic E-state index is 12.8. The summed E-state index contributed by atoms with van der Waals surface area (Å²) in [5.41, 5.74) is -0.693. The summed E-state index contributed by atoms with van der Waals surface area (Å²) in [6.45, 7) is 3.36. The van der Waals surface area contributed by atoms with E-state index in [9.17, 15) is 18.0 Å². The van der Waals surface area contributed by atoms with E-state index < -0.39 is 11.7 Å². The van der Waals surface area contributed by atoms with Gasteiger partial charge in [-0.3, -0.25) is 9.69 Å². The smallest absolute Gasteiger partial charge is 0.336 e. The molecule has 0 N–H and O–H groups in total. The van der Waals surface area contributed by atoms with E-state index in [4.69, 9.17) is 0 Å². The monoisotopic (exact) mass is 354 g/mol. The summed E-state index contributed by atoms with van der Waals surface area (Å²) in [6.07, 6.45) is -4.43. The fourth-order valence-corrected chi connectivity index (χ4v) is 3.49. The van der Waals surface area contributed by atoms with Crippen molar-refractivity contribution in [3.63, 3.8) is 0 Å². The van der Waals surface area contributed by atoms with Crippen LogP contribution in [0.2, 0.25) is 0 Å². The highest BCUT2D eigenvalue weighted by molar-refractivity contribution is 7.09. The van der Waals surface area contributed by atoms with Gasteiger partial charge in [-0.2, -0.15) is 13.2 Å². The molecule has 0 unspecified atom stereocenters. The minimum atomic E-state index is -4.43. The number of carbonyl (C=O) groups is 1. The number of amides is 1. The maximum Gasteiger partial charge on any atom is 0.416 e. The molecule has 1 amide bonds. The Hall–Kier alpha value is -1.86. The van der Waals surface area contributed by atoms with Gasteiger partial charge in [-0.15, -0.1) is 11.3 Å². The van der Waals surface area contributed by atoms with Crippen LogP contribution in [0.15, 0.2) is 41.8 Å². The molecule has 0 spiro atoms. The second-order valence-electron chi connectivity index (χ2n) is 5.73. The van der Waals surface area contributed by atoms with Crippen LogP contribution in [0.4, 0.5) is 13.2 Å². The van der Waals surface area contributed by atoms with Crippen LogP contribution < -0.4 is 0 Å². The zero-order chi connectivity index (χ0) is 17.2. The Balaban J connectivity index is 1.61. The zero-order valence-electron chi connectivity index (χ0n) is 12.9. The summed E-state index contributed by atoms with van der Waals surface area (Å²) in [5, 5.41) is 2.03. The van der Waals surface area contributed by atoms with Crippen molar-refractivity contribution in [2.45, 2.75) is 12.7 Å². The largest absolute Gasteiger partial charge is 0.416 e. The van der Waals surface area contributed by atoms with Crippen LogP contribution in [0.1, 0.15) is 20.8 Å². The van der Waals surface area contributed by atoms with Crippen LogP contribution in [-0.2, 0) is 12.7 Å². The third-order valence-corrected chi connectivity index (χ3v) is 4.92. The summed E-state index contributed by atoms with van der Waals surface area (Å²) in [5.74, 6) is -0.336. The number of benzene rings is 1. The third kappa shape index (κ3) is 3.96. The first kappa shape index (κ1) is 17.0. The van der Waals surface area contributed by atoms with Crippen molar-refractivity contribution in [2.24, 2.45) is 0 Å². The number of hydrogen-bond acceptors (Lipinski definition) is 3. The Labute approximate surface area is 142 Å². The van der Waals surface area contributed by atoms with E-state index in [0.29, 0.717) is 13.1 Å². The Morgan fingerprint density at radius 2 is 1.83 bits per heavy atom. The van der Waals surface area contributed by atoms with Crippen molar-refractivity contribution in [3.05, 3.63) is 57.8 Å². The van der Waals surface area contributed by atoms with Gasteiger partial charge < -0.3 is 4.90 Å². The number of nitrogens with zero attached hydrogens (tertiary/aromatic N) is 2. The topological polar surface area (TPSA) is 23.6 Å². The summed E-state index contributed by atoms with van der Waals surface area (Å²) in [6, 6.07) is 8.72. The zero-order valence-corrected chi connectivity index (χ0v) is 13.7. The molecule has 1 aromatic carbocycles. The fourth-order valence-electron chi connectivity index (χ4n) is 2.74. The van der Waals surface area contributed by atoms with E-state index in [2.05, 4.69) is 11.0 Å². The van der Waals surface area contributed by atoms with Gasteiger partial charge in [0.15, 0.2) is 0 Å². The summed E-state index contributed by atoms with van der Waals surface area (Å²) >= 11 is 1.70. The molecule has 1 aromatic heterocycles. The maximum atomic E-state index is 12.8. The van der Waals surface area contributed by atoms with Crippen LogP contribution in [0.25, 0.3) is 0 Å². The van der Waals surface area contributed by atoms with Gasteiger partial charge in [0.05, 0.1) is 5.56 Å². The Morgan fingerprint density at radius 3 is 2.46 bits per heavy atom. The predicted octanol–water partition coefficient (Wildman–Crippen LogP) is 3.72. The van der Waals surface area contributed by atoms with Crippen molar-refractivity contribution >= 4 is 17.2 Å². The molecule has 0 bridgehead atoms. The van der Waals surface area contributed by atoms with Gasteiger partial charge in [0.25, 0.3) is 5.91 Å². The number of piperazine rings is 1. The Kier molecular flexibility index (Phi) is 4.91. The van der Waals surface area contributed by atoms with Gasteiger partial charge in [-0.05, 0) is 29.6 Å². The molecule has 0 saturated carbocycles. The van der Waals surface area contributed by atoms with Crippen LogP contribution in [0.3, 0.4) is 0 Å². The molecule has 1 aliphatic rings. The van der Waals surface area contributed by atoms with Crippen LogP contribution in [0, 0.1) is 0 Å². The number of hydrogen-bond donors (Lipinski definition) is 0. The number of carbonyl (C=O) groups excluding carboxylic acids is 1. The molecule has 128 valence electrons. The van der Waals surface area contributed by atoms with Gasteiger partial charge in [0, 0.05) is 43.2 Å². The van der Waals surface area contributed by atoms with Gasteiger partial charge in [-0.25, -0.2) is 0 Å². The molecule has 0 radical (unpaired) electrons. The quantitative estimate of drug-likeness (QED) is 0.839. The molecular formula is C17H17F3N2OS. The molecule has 0 atom stereocenters. The van der Waals surface area contributed by atoms with Crippen molar-refractivity contribution in [1.29, 1.82) is 0 Å². The van der Waals surface area contributed by atoms with Crippen molar-refractivity contribution in [3.8, 4) is 0 Å². The molecule has 2 aromatic rings. The molecule has 7 heteroatoms. The van der Waals surface area contributed by atoms with Gasteiger partial charge in [-0.1, -0.05) is 12.1 Å². The number of rotatable bonds is 3. The van der Waals surface area contributed by atoms with E-state index in [1.54, 1.807) is 16.2 Å². The SMILES string of the molecule is O=C(c1cccc(C(F)(F)F)c1)N1CCN(Cc2cccs2)CC1. The molecule has 2 heterocycles. The molecule has 0 aliphatic carbocycles. The molecule has 3 nitrogen and oxygen atoms in total. The van der Waals surface area contributed by atoms with Gasteiger partial charge in [0.1, 0.15) is 0 Å². The van der Waals surface area contributed by atoms with E-state index in [0.717, 1.165) is 31.8 Å². The lowest BCUT2D eigenvalue weighted by Crippen LogP contribution is -2.48. The highest BCUT2D eigenvalue weighted by Gasteiger charge is 2.31. The molecule has 24 heavy (non-hydrogen) atoms. The molecule has 3 rings (SSSR count). The third-order valence-electron chi connectivity index (χ3n) is 4.06. The second kappa shape index (κ2) is 6.94. The number of halogens is 3. The standard InChI is InChI=1S/C17H17F3N2OS/c18-17(19,20)14-4-1-3-13(11-14)16(23)22-8-6-21(7-9-22)12-15-5-2-10-24-15/h1-5,10-11H,6-9,12H2. The highest BCUT2D eigenvalue weighted by Crippen LogP contribution is 2.29. The van der Waals surface area contributed by atoms with Gasteiger partial charge >= 0.3 is 6.18 Å². The van der Waals surface area contributed by atoms with Crippen LogP contribution in [-0.4, -0.2) is 41.9 Å². The fraction of sp³-hybridized carbons (Fsp3) is 0.353. The summed E-state index contributed by atoms with van der Waals surface area (Å²) in [4.78, 5) is 17.6. The lowest BCUT2D eigenvalue weighted by molar-refractivity contribution is -0.137. The number of thiophene rings is 1. The van der Waals surface area contributed by atoms with Crippen molar-refractivity contribution < 1.29 is 18.0 Å². The van der Waals surface area contributed by atoms with E-state index in [-0.39, 0.29) is 11.5 Å². The minimum absolute atomic E-state index is 0.0940. The van der Waals surface area contributed by atoms with Gasteiger partial charge in [0.2, 0.25) is 0 Å². The summed E-state index contributed by atoms with van der Waals surface area (Å²) in [7, 11) is 0. The second-order valence-corrected chi connectivity index (χ2v) is 6.76. The minimum Gasteiger partial charge on any atom is -0.336 e. The van der Waals surface area contributed by atoms with Crippen molar-refractivity contribution in [1.82, 2.24) is 9.80 Å². The van der Waals surface area contributed by atoms with E-state index in [1.165, 1.54) is 17.0 Å². The lowest BCUT2D eigenvalue weighted by atomic mass is 10.1. The van der Waals surface area contributed by atoms with Crippen LogP contribution in [0.5, 0.6) is 0 Å². The molecular weight excluding hydrogens is 337 g/mol. The average Bonchev–Trinajstić information content (AvgIpc) is 3.07. The first-order chi connectivity index (χ1) is 11.4. The Morgan fingerprint density at radius 1 is 1.08 bits per heavy atom. The van der Waals surface area contributed by atoms with E-state index in [1.807, 2.05) is 11.4 Å². The molecule has 1 saturated heterocycles. The highest BCUT2D eigenvalue weighted by atomic mass is 32.1. The molecule has 1 aliphatic heterocycles. The first-order valence-corrected chi connectivity index (χ1v) is 8.53. The predicted molar refractivity (Wildman–Crippen MR) is 86.9 cm³/mol. The van der Waals surface area contributed by atoms with Crippen molar-refractivity contribution in [2.75, 3.05) is 26.2 Å².